The summed E-state index contributed by atoms with van der Waals surface area (Å²) in [5, 5.41) is -0.119. The van der Waals surface area contributed by atoms with E-state index in [0.717, 1.165) is 12.8 Å². The van der Waals surface area contributed by atoms with Crippen molar-refractivity contribution in [1.29, 1.82) is 0 Å². The van der Waals surface area contributed by atoms with Gasteiger partial charge in [-0.15, -0.1) is 0 Å². The minimum absolute atomic E-state index is 0.119. The largest absolute Gasteiger partial charge is 0.330 e. The van der Waals surface area contributed by atoms with E-state index in [4.69, 9.17) is 5.73 Å². The van der Waals surface area contributed by atoms with Crippen molar-refractivity contribution in [3.05, 3.63) is 0 Å². The summed E-state index contributed by atoms with van der Waals surface area (Å²) >= 11 is 0. The third-order valence-electron chi connectivity index (χ3n) is 2.82. The third-order valence-corrected chi connectivity index (χ3v) is 5.24. The molecule has 4 nitrogen and oxygen atoms in total. The standard InChI is InChI=1S/C10H22N2O2S/c1-4-12(8-10(2,3)7-11)15(13,14)9-5-6-9/h9H,4-8,11H2,1-3H3. The molecule has 0 bridgehead atoms. The van der Waals surface area contributed by atoms with Crippen LogP contribution in [0.5, 0.6) is 0 Å². The topological polar surface area (TPSA) is 63.4 Å². The molecule has 1 aliphatic carbocycles. The van der Waals surface area contributed by atoms with Gasteiger partial charge < -0.3 is 5.73 Å². The van der Waals surface area contributed by atoms with Gasteiger partial charge in [0.15, 0.2) is 0 Å². The lowest BCUT2D eigenvalue weighted by Gasteiger charge is -2.30. The maximum Gasteiger partial charge on any atom is 0.216 e. The Balaban J connectivity index is 2.71. The highest BCUT2D eigenvalue weighted by Crippen LogP contribution is 2.32. The average Bonchev–Trinajstić information content (AvgIpc) is 2.97. The smallest absolute Gasteiger partial charge is 0.216 e. The SMILES string of the molecule is CCN(CC(C)(C)CN)S(=O)(=O)C1CC1. The molecule has 0 unspecified atom stereocenters. The molecule has 0 aromatic rings. The predicted octanol–water partition coefficient (Wildman–Crippen LogP) is 0.785. The van der Waals surface area contributed by atoms with E-state index in [1.807, 2.05) is 20.8 Å². The molecule has 15 heavy (non-hydrogen) atoms. The number of nitrogens with zero attached hydrogens (tertiary/aromatic N) is 1. The summed E-state index contributed by atoms with van der Waals surface area (Å²) in [5.41, 5.74) is 5.48. The minimum atomic E-state index is -3.04. The van der Waals surface area contributed by atoms with E-state index in [0.29, 0.717) is 19.6 Å². The van der Waals surface area contributed by atoms with Crippen LogP contribution in [0.25, 0.3) is 0 Å². The zero-order chi connectivity index (χ0) is 11.7. The fraction of sp³-hybridized carbons (Fsp3) is 1.00. The Labute approximate surface area is 92.9 Å². The van der Waals surface area contributed by atoms with Crippen molar-refractivity contribution in [1.82, 2.24) is 4.31 Å². The Morgan fingerprint density at radius 3 is 2.27 bits per heavy atom. The summed E-state index contributed by atoms with van der Waals surface area (Å²) in [6, 6.07) is 0. The van der Waals surface area contributed by atoms with Gasteiger partial charge in [0.2, 0.25) is 10.0 Å². The van der Waals surface area contributed by atoms with Gasteiger partial charge in [0.25, 0.3) is 0 Å². The van der Waals surface area contributed by atoms with Crippen LogP contribution in [0.3, 0.4) is 0 Å². The lowest BCUT2D eigenvalue weighted by atomic mass is 9.94. The van der Waals surface area contributed by atoms with Gasteiger partial charge in [-0.2, -0.15) is 0 Å². The van der Waals surface area contributed by atoms with E-state index in [1.54, 1.807) is 4.31 Å². The van der Waals surface area contributed by atoms with Gasteiger partial charge in [-0.25, -0.2) is 12.7 Å². The lowest BCUT2D eigenvalue weighted by molar-refractivity contribution is 0.272. The van der Waals surface area contributed by atoms with Crippen molar-refractivity contribution < 1.29 is 8.42 Å². The highest BCUT2D eigenvalue weighted by molar-refractivity contribution is 7.90. The van der Waals surface area contributed by atoms with Crippen molar-refractivity contribution in [2.75, 3.05) is 19.6 Å². The van der Waals surface area contributed by atoms with Gasteiger partial charge in [0.1, 0.15) is 0 Å². The molecule has 0 aromatic carbocycles. The van der Waals surface area contributed by atoms with Crippen LogP contribution in [-0.4, -0.2) is 37.6 Å². The highest BCUT2D eigenvalue weighted by Gasteiger charge is 2.40. The molecule has 1 rings (SSSR count). The molecule has 0 heterocycles. The second kappa shape index (κ2) is 4.39. The molecule has 0 amide bonds. The summed E-state index contributed by atoms with van der Waals surface area (Å²) < 4.78 is 25.6. The van der Waals surface area contributed by atoms with Crippen LogP contribution in [0.15, 0.2) is 0 Å². The molecule has 1 fully saturated rings. The van der Waals surface area contributed by atoms with Crippen molar-refractivity contribution in [2.45, 2.75) is 38.9 Å². The van der Waals surface area contributed by atoms with Gasteiger partial charge in [-0.3, -0.25) is 0 Å². The van der Waals surface area contributed by atoms with Crippen LogP contribution in [0.4, 0.5) is 0 Å². The fourth-order valence-corrected chi connectivity index (χ4v) is 3.54. The summed E-state index contributed by atoms with van der Waals surface area (Å²) in [6.07, 6.45) is 1.64. The van der Waals surface area contributed by atoms with E-state index < -0.39 is 10.0 Å². The summed E-state index contributed by atoms with van der Waals surface area (Å²) in [7, 11) is -3.04. The second-order valence-corrected chi connectivity index (χ2v) is 7.25. The molecule has 5 heteroatoms. The Morgan fingerprint density at radius 1 is 1.40 bits per heavy atom. The molecular formula is C10H22N2O2S. The fourth-order valence-electron chi connectivity index (χ4n) is 1.50. The van der Waals surface area contributed by atoms with Crippen LogP contribution >= 0.6 is 0 Å². The Morgan fingerprint density at radius 2 is 1.93 bits per heavy atom. The van der Waals surface area contributed by atoms with Gasteiger partial charge in [-0.05, 0) is 24.8 Å². The Bertz CT molecular complexity index is 307. The molecule has 0 aliphatic heterocycles. The van der Waals surface area contributed by atoms with E-state index >= 15 is 0 Å². The van der Waals surface area contributed by atoms with E-state index in [9.17, 15) is 8.42 Å². The molecular weight excluding hydrogens is 212 g/mol. The first kappa shape index (κ1) is 12.9. The van der Waals surface area contributed by atoms with Crippen molar-refractivity contribution in [3.63, 3.8) is 0 Å². The van der Waals surface area contributed by atoms with E-state index in [2.05, 4.69) is 0 Å². The highest BCUT2D eigenvalue weighted by atomic mass is 32.2. The molecule has 90 valence electrons. The quantitative estimate of drug-likeness (QED) is 0.739. The molecule has 1 aliphatic rings. The van der Waals surface area contributed by atoms with Gasteiger partial charge in [-0.1, -0.05) is 20.8 Å². The summed E-state index contributed by atoms with van der Waals surface area (Å²) in [6.45, 7) is 7.45. The van der Waals surface area contributed by atoms with Gasteiger partial charge in [0.05, 0.1) is 5.25 Å². The van der Waals surface area contributed by atoms with Crippen LogP contribution in [0, 0.1) is 5.41 Å². The monoisotopic (exact) mass is 234 g/mol. The number of rotatable bonds is 6. The van der Waals surface area contributed by atoms with E-state index in [-0.39, 0.29) is 10.7 Å². The molecule has 0 aromatic heterocycles. The number of hydrogen-bond donors (Lipinski definition) is 1. The van der Waals surface area contributed by atoms with Gasteiger partial charge >= 0.3 is 0 Å². The maximum absolute atomic E-state index is 12.0. The van der Waals surface area contributed by atoms with Crippen LogP contribution < -0.4 is 5.73 Å². The first-order valence-electron chi connectivity index (χ1n) is 5.52. The summed E-state index contributed by atoms with van der Waals surface area (Å²) in [5.74, 6) is 0. The molecule has 2 N–H and O–H groups in total. The first-order chi connectivity index (χ1) is 6.83. The molecule has 0 atom stereocenters. The predicted molar refractivity (Wildman–Crippen MR) is 62.0 cm³/mol. The Hall–Kier alpha value is -0.130. The molecule has 1 saturated carbocycles. The van der Waals surface area contributed by atoms with Crippen LogP contribution in [0.1, 0.15) is 33.6 Å². The number of nitrogens with two attached hydrogens (primary N) is 1. The molecule has 0 radical (unpaired) electrons. The van der Waals surface area contributed by atoms with Crippen molar-refractivity contribution in [2.24, 2.45) is 11.1 Å². The number of hydrogen-bond acceptors (Lipinski definition) is 3. The summed E-state index contributed by atoms with van der Waals surface area (Å²) in [4.78, 5) is 0. The van der Waals surface area contributed by atoms with E-state index in [1.165, 1.54) is 0 Å². The van der Waals surface area contributed by atoms with Crippen LogP contribution in [-0.2, 0) is 10.0 Å². The Kier molecular flexibility index (Phi) is 3.79. The van der Waals surface area contributed by atoms with Crippen molar-refractivity contribution >= 4 is 10.0 Å². The maximum atomic E-state index is 12.0. The molecule has 0 saturated heterocycles. The van der Waals surface area contributed by atoms with Gasteiger partial charge in [0, 0.05) is 13.1 Å². The van der Waals surface area contributed by atoms with Crippen LogP contribution in [0.2, 0.25) is 0 Å². The first-order valence-corrected chi connectivity index (χ1v) is 7.03. The normalized spacial score (nSPS) is 18.5. The van der Waals surface area contributed by atoms with Crippen molar-refractivity contribution in [3.8, 4) is 0 Å². The molecule has 0 spiro atoms. The zero-order valence-electron chi connectivity index (χ0n) is 9.86. The zero-order valence-corrected chi connectivity index (χ0v) is 10.7. The third kappa shape index (κ3) is 3.16. The minimum Gasteiger partial charge on any atom is -0.330 e. The second-order valence-electron chi connectivity index (χ2n) is 5.04. The lowest BCUT2D eigenvalue weighted by Crippen LogP contribution is -2.43. The average molecular weight is 234 g/mol. The number of sulfonamides is 1.